The first-order chi connectivity index (χ1) is 6.73. The van der Waals surface area contributed by atoms with E-state index in [1.807, 2.05) is 0 Å². The minimum absolute atomic E-state index is 0.383. The van der Waals surface area contributed by atoms with E-state index in [0.29, 0.717) is 12.1 Å². The Morgan fingerprint density at radius 2 is 1.47 bits per heavy atom. The van der Waals surface area contributed by atoms with Crippen molar-refractivity contribution >= 4 is 5.78 Å². The standard InChI is InChI=1S/C11H11F3O/c1-11(2,3)10(15)6-4-8(13)9(14)5-7(6)12/h4-5H,1-3H3. The highest BCUT2D eigenvalue weighted by atomic mass is 19.2. The SMILES string of the molecule is CC(C)(C)C(=O)c1cc(F)c(F)cc1F. The average molecular weight is 216 g/mol. The summed E-state index contributed by atoms with van der Waals surface area (Å²) in [6.07, 6.45) is 0. The van der Waals surface area contributed by atoms with Gasteiger partial charge in [-0.2, -0.15) is 0 Å². The number of hydrogen-bond donors (Lipinski definition) is 0. The molecule has 0 saturated carbocycles. The van der Waals surface area contributed by atoms with Crippen molar-refractivity contribution in [1.82, 2.24) is 0 Å². The molecule has 0 unspecified atom stereocenters. The lowest BCUT2D eigenvalue weighted by atomic mass is 9.86. The fraction of sp³-hybridized carbons (Fsp3) is 0.364. The molecule has 82 valence electrons. The van der Waals surface area contributed by atoms with Gasteiger partial charge in [-0.15, -0.1) is 0 Å². The molecule has 0 bridgehead atoms. The molecule has 1 nitrogen and oxygen atoms in total. The molecule has 0 aromatic heterocycles. The smallest absolute Gasteiger partial charge is 0.171 e. The number of ketones is 1. The van der Waals surface area contributed by atoms with Crippen molar-refractivity contribution in [1.29, 1.82) is 0 Å². The highest BCUT2D eigenvalue weighted by Crippen LogP contribution is 2.24. The monoisotopic (exact) mass is 216 g/mol. The molecule has 0 aliphatic carbocycles. The van der Waals surface area contributed by atoms with Gasteiger partial charge >= 0.3 is 0 Å². The third-order valence-corrected chi connectivity index (χ3v) is 1.94. The first kappa shape index (κ1) is 11.8. The molecular weight excluding hydrogens is 205 g/mol. The topological polar surface area (TPSA) is 17.1 Å². The molecule has 0 aliphatic rings. The van der Waals surface area contributed by atoms with E-state index in [-0.39, 0.29) is 0 Å². The van der Waals surface area contributed by atoms with Gasteiger partial charge in [0.1, 0.15) is 5.82 Å². The number of halogens is 3. The van der Waals surface area contributed by atoms with Crippen LogP contribution in [0.5, 0.6) is 0 Å². The Morgan fingerprint density at radius 1 is 1.00 bits per heavy atom. The van der Waals surface area contributed by atoms with Crippen molar-refractivity contribution < 1.29 is 18.0 Å². The Bertz CT molecular complexity index is 405. The summed E-state index contributed by atoms with van der Waals surface area (Å²) < 4.78 is 38.6. The quantitative estimate of drug-likeness (QED) is 0.519. The number of benzene rings is 1. The summed E-state index contributed by atoms with van der Waals surface area (Å²) in [7, 11) is 0. The maximum Gasteiger partial charge on any atom is 0.171 e. The zero-order chi connectivity index (χ0) is 11.8. The summed E-state index contributed by atoms with van der Waals surface area (Å²) >= 11 is 0. The van der Waals surface area contributed by atoms with Gasteiger partial charge in [0.15, 0.2) is 17.4 Å². The summed E-state index contributed by atoms with van der Waals surface area (Å²) in [5.74, 6) is -4.10. The maximum atomic E-state index is 13.2. The lowest BCUT2D eigenvalue weighted by Crippen LogP contribution is -2.21. The molecule has 0 radical (unpaired) electrons. The van der Waals surface area contributed by atoms with E-state index in [1.165, 1.54) is 0 Å². The van der Waals surface area contributed by atoms with Gasteiger partial charge in [-0.3, -0.25) is 4.79 Å². The van der Waals surface area contributed by atoms with Crippen molar-refractivity contribution in [3.63, 3.8) is 0 Å². The molecule has 0 amide bonds. The van der Waals surface area contributed by atoms with Gasteiger partial charge in [0, 0.05) is 11.5 Å². The molecule has 15 heavy (non-hydrogen) atoms. The van der Waals surface area contributed by atoms with Crippen molar-refractivity contribution in [2.24, 2.45) is 5.41 Å². The number of rotatable bonds is 1. The van der Waals surface area contributed by atoms with Crippen LogP contribution in [0.4, 0.5) is 13.2 Å². The molecule has 0 atom stereocenters. The summed E-state index contributed by atoms with van der Waals surface area (Å²) in [6, 6.07) is 0.979. The Kier molecular flexibility index (Phi) is 2.88. The molecular formula is C11H11F3O. The molecule has 0 aliphatic heterocycles. The Hall–Kier alpha value is -1.32. The van der Waals surface area contributed by atoms with Gasteiger partial charge < -0.3 is 0 Å². The molecule has 1 aromatic rings. The van der Waals surface area contributed by atoms with E-state index in [9.17, 15) is 18.0 Å². The highest BCUT2D eigenvalue weighted by Gasteiger charge is 2.26. The first-order valence-electron chi connectivity index (χ1n) is 4.43. The largest absolute Gasteiger partial charge is 0.293 e. The second-order valence-electron chi connectivity index (χ2n) is 4.33. The Labute approximate surface area is 85.9 Å². The van der Waals surface area contributed by atoms with E-state index >= 15 is 0 Å². The minimum atomic E-state index is -1.29. The minimum Gasteiger partial charge on any atom is -0.293 e. The van der Waals surface area contributed by atoms with Crippen molar-refractivity contribution in [2.75, 3.05) is 0 Å². The van der Waals surface area contributed by atoms with Crippen LogP contribution in [-0.4, -0.2) is 5.78 Å². The maximum absolute atomic E-state index is 13.2. The van der Waals surface area contributed by atoms with Gasteiger partial charge in [0.25, 0.3) is 0 Å². The number of carbonyl (C=O) groups is 1. The number of hydrogen-bond acceptors (Lipinski definition) is 1. The summed E-state index contributed by atoms with van der Waals surface area (Å²) in [4.78, 5) is 11.6. The van der Waals surface area contributed by atoms with Crippen molar-refractivity contribution in [3.8, 4) is 0 Å². The summed E-state index contributed by atoms with van der Waals surface area (Å²) in [5.41, 5.74) is -1.24. The van der Waals surface area contributed by atoms with Crippen LogP contribution in [0.15, 0.2) is 12.1 Å². The number of carbonyl (C=O) groups excluding carboxylic acids is 1. The third-order valence-electron chi connectivity index (χ3n) is 1.94. The van der Waals surface area contributed by atoms with E-state index in [4.69, 9.17) is 0 Å². The van der Waals surface area contributed by atoms with Crippen LogP contribution in [0, 0.1) is 22.9 Å². The van der Waals surface area contributed by atoms with Gasteiger partial charge in [0.05, 0.1) is 5.56 Å². The van der Waals surface area contributed by atoms with E-state index < -0.39 is 34.2 Å². The van der Waals surface area contributed by atoms with Crippen LogP contribution in [0.25, 0.3) is 0 Å². The highest BCUT2D eigenvalue weighted by molar-refractivity contribution is 6.00. The van der Waals surface area contributed by atoms with Gasteiger partial charge in [-0.05, 0) is 6.07 Å². The average Bonchev–Trinajstić information content (AvgIpc) is 2.08. The number of Topliss-reactive ketones (excluding diaryl/α,β-unsaturated/α-hetero) is 1. The lowest BCUT2D eigenvalue weighted by Gasteiger charge is -2.16. The fourth-order valence-electron chi connectivity index (χ4n) is 1.10. The summed E-state index contributed by atoms with van der Waals surface area (Å²) in [5, 5.41) is 0. The second-order valence-corrected chi connectivity index (χ2v) is 4.33. The Balaban J connectivity index is 3.28. The van der Waals surface area contributed by atoms with Gasteiger partial charge in [-0.25, -0.2) is 13.2 Å². The van der Waals surface area contributed by atoms with Crippen LogP contribution in [0.2, 0.25) is 0 Å². The molecule has 1 aromatic carbocycles. The fourth-order valence-corrected chi connectivity index (χ4v) is 1.10. The van der Waals surface area contributed by atoms with E-state index in [0.717, 1.165) is 0 Å². The van der Waals surface area contributed by atoms with Crippen LogP contribution in [0.3, 0.4) is 0 Å². The Morgan fingerprint density at radius 3 is 1.93 bits per heavy atom. The van der Waals surface area contributed by atoms with Crippen LogP contribution < -0.4 is 0 Å². The zero-order valence-corrected chi connectivity index (χ0v) is 8.70. The molecule has 0 spiro atoms. The van der Waals surface area contributed by atoms with E-state index in [2.05, 4.69) is 0 Å². The molecule has 0 N–H and O–H groups in total. The summed E-state index contributed by atoms with van der Waals surface area (Å²) in [6.45, 7) is 4.74. The predicted octanol–water partition coefficient (Wildman–Crippen LogP) is 3.33. The van der Waals surface area contributed by atoms with Crippen molar-refractivity contribution in [2.45, 2.75) is 20.8 Å². The molecule has 4 heteroatoms. The van der Waals surface area contributed by atoms with Crippen LogP contribution in [0.1, 0.15) is 31.1 Å². The normalized spacial score (nSPS) is 11.6. The van der Waals surface area contributed by atoms with E-state index in [1.54, 1.807) is 20.8 Å². The van der Waals surface area contributed by atoms with Gasteiger partial charge in [-0.1, -0.05) is 20.8 Å². The van der Waals surface area contributed by atoms with Crippen LogP contribution >= 0.6 is 0 Å². The second kappa shape index (κ2) is 3.68. The van der Waals surface area contributed by atoms with Crippen LogP contribution in [-0.2, 0) is 0 Å². The predicted molar refractivity (Wildman–Crippen MR) is 50.1 cm³/mol. The first-order valence-corrected chi connectivity index (χ1v) is 4.43. The molecule has 0 fully saturated rings. The third kappa shape index (κ3) is 2.37. The van der Waals surface area contributed by atoms with Gasteiger partial charge in [0.2, 0.25) is 0 Å². The zero-order valence-electron chi connectivity index (χ0n) is 8.70. The lowest BCUT2D eigenvalue weighted by molar-refractivity contribution is 0.0853. The molecule has 0 saturated heterocycles. The molecule has 1 rings (SSSR count). The molecule has 0 heterocycles. The van der Waals surface area contributed by atoms with Crippen molar-refractivity contribution in [3.05, 3.63) is 35.1 Å².